The van der Waals surface area contributed by atoms with Gasteiger partial charge in [-0.3, -0.25) is 28.5 Å². The molecule has 0 spiro atoms. The second kappa shape index (κ2) is 101. The van der Waals surface area contributed by atoms with E-state index in [0.29, 0.717) is 70.8 Å². The molecule has 3 aliphatic heterocycles. The first-order chi connectivity index (χ1) is 61.5. The van der Waals surface area contributed by atoms with Crippen molar-refractivity contribution in [1.29, 1.82) is 0 Å². The SMILES string of the molecule is C#CC/C=C\C=C\COP.CCC(/C=C/Br)OP.CCC(/C=C/C#CC/C=C\C=C\CP(=O)(OC)OC)OP.CCC(/C=C/C#CC\C=C/C=C/C=C/C(O)C(O)CCCC(=O)OC)OP.CCC(/C=C/C#CC\C=C/C=C/C=C/C1OC1CCCC(=O)OC)OP.COC(=O)CCC/C=C\CO.COC(=O)CCCC1OC1C=O.COC(=O)CCCC1OC1CO.[B]. The third-order valence-corrected chi connectivity index (χ3v) is 20.3. The first-order valence-electron chi connectivity index (χ1n) is 41.7. The Bertz CT molecular complexity index is 3570. The fraction of sp³-hybridized carbons (Fsp3) is 0.532. The summed E-state index contributed by atoms with van der Waals surface area (Å²) in [6.45, 7) is 9.00. The van der Waals surface area contributed by atoms with E-state index in [4.69, 9.17) is 62.5 Å². The van der Waals surface area contributed by atoms with Crippen LogP contribution in [0.3, 0.4) is 0 Å². The van der Waals surface area contributed by atoms with Gasteiger partial charge in [-0.1, -0.05) is 213 Å². The molecule has 0 aliphatic carbocycles. The number of carbonyl (C=O) groups excluding carboxylic acids is 6. The number of terminal acetylenes is 1. The van der Waals surface area contributed by atoms with E-state index in [-0.39, 0.29) is 125 Å². The van der Waals surface area contributed by atoms with E-state index >= 15 is 0 Å². The summed E-state index contributed by atoms with van der Waals surface area (Å²) >= 11 is 3.16. The molecule has 0 bridgehead atoms. The average molecular weight is 1970 g/mol. The number of esters is 5. The number of unbranched alkanes of at least 4 members (excludes halogenated alkanes) is 1. The van der Waals surface area contributed by atoms with Crippen molar-refractivity contribution in [3.8, 4) is 47.9 Å². The third kappa shape index (κ3) is 93.0. The summed E-state index contributed by atoms with van der Waals surface area (Å²) in [6.07, 6.45) is 74.9. The Hall–Kier alpha value is -6.28. The van der Waals surface area contributed by atoms with Crippen LogP contribution in [0.15, 0.2) is 181 Å². The van der Waals surface area contributed by atoms with Gasteiger partial charge in [0, 0.05) is 128 Å². The van der Waals surface area contributed by atoms with E-state index < -0.39 is 19.8 Å². The van der Waals surface area contributed by atoms with E-state index in [2.05, 4.69) is 142 Å². The highest BCUT2D eigenvalue weighted by atomic mass is 79.9. The first-order valence-corrected chi connectivity index (χ1v) is 46.7. The number of aliphatic hydroxyl groups excluding tert-OH is 4. The highest BCUT2D eigenvalue weighted by Gasteiger charge is 2.38. The van der Waals surface area contributed by atoms with Gasteiger partial charge in [-0.15, -0.1) is 12.3 Å². The van der Waals surface area contributed by atoms with Crippen molar-refractivity contribution < 1.29 is 123 Å². The molecule has 17 atom stereocenters. The molecule has 128 heavy (non-hydrogen) atoms. The fourth-order valence-corrected chi connectivity index (χ4v) is 11.4. The topological polar surface area (TPSA) is 349 Å². The lowest BCUT2D eigenvalue weighted by molar-refractivity contribution is -0.141. The van der Waals surface area contributed by atoms with Crippen molar-refractivity contribution in [2.45, 2.75) is 249 Å². The van der Waals surface area contributed by atoms with Crippen LogP contribution in [0, 0.1) is 47.9 Å². The van der Waals surface area contributed by atoms with Crippen LogP contribution in [0.5, 0.6) is 0 Å². The third-order valence-electron chi connectivity index (χ3n) is 16.7. The molecule has 0 amide bonds. The van der Waals surface area contributed by atoms with Crippen molar-refractivity contribution in [2.24, 2.45) is 0 Å². The van der Waals surface area contributed by atoms with Gasteiger partial charge in [-0.05, 0) is 137 Å². The number of halogens is 1. The first kappa shape index (κ1) is 132. The normalized spacial score (nSPS) is 17.4. The van der Waals surface area contributed by atoms with Gasteiger partial charge in [0.15, 0.2) is 6.29 Å². The zero-order valence-corrected chi connectivity index (χ0v) is 84.8. The molecule has 3 saturated heterocycles. The summed E-state index contributed by atoms with van der Waals surface area (Å²) in [5.41, 5.74) is 0. The molecule has 0 aromatic rings. The van der Waals surface area contributed by atoms with E-state index in [1.165, 1.54) is 55.8 Å². The Balaban J connectivity index is -0.000000343. The smallest absolute Gasteiger partial charge is 0.333 e. The van der Waals surface area contributed by atoms with Crippen LogP contribution in [-0.2, 0) is 103 Å². The standard InChI is InChI=1S/C21H31O5P.C21H29O4P.C15H24O4P2.C8H14O4.C8H12O4.C8H14O3.C8H11OP.C5H10BrOP.B/c1-3-18(26-27)14-11-9-7-5-4-6-8-10-12-15-19(22)20(23)16-13-17-21(24)25-2;1-3-18(25-26)14-11-9-7-5-4-6-8-10-12-15-19-20(24-19)16-13-17-21(22)23-2;1-4-15(19-20)13-11-9-7-5-6-8-10-12-14-21(16,17-2)18-3;2*1-11-8(10)4-2-3-6-7(5-9)12-6;1-11-8(10)6-4-2-3-5-7-9;1-2-3-4-5-6-7-8-9-10;1-2-5(7-8)3-4-6;/h4,6,8,10-12,14-15,18-20,22-23H,3,5,13,16-17,27H2,1-2H3;4,6,8,10-12,14-15,18-20H,3,5,13,16-17,26H2,1-2H3;6,8,10-13,15H,4-5,14,20H2,1-3H3;6-7,9H,2-5H2,1H3;5-7H,2-4H2,1H3;3,5,9H,2,4,6-7H2,1H3;1,4-7H,3,8,10H2;3-5H,2,8H2,1H3;/b2*6-4-,10-8+,14-11+,15-12+;8-6-,12-10+,13-11+;;;5-3-;5-4-,7-6+;4-3+;. The minimum atomic E-state index is -2.94. The minimum Gasteiger partial charge on any atom is -0.469 e. The molecule has 0 aromatic heterocycles. The summed E-state index contributed by atoms with van der Waals surface area (Å²) in [6, 6.07) is 0. The zero-order chi connectivity index (χ0) is 95.9. The Morgan fingerprint density at radius 1 is 0.461 bits per heavy atom. The summed E-state index contributed by atoms with van der Waals surface area (Å²) in [7, 11) is 17.9. The molecule has 3 radical (unpaired) electrons. The molecule has 4 N–H and O–H groups in total. The van der Waals surface area contributed by atoms with Crippen molar-refractivity contribution in [3.63, 3.8) is 0 Å². The quantitative estimate of drug-likeness (QED) is 0.00420. The van der Waals surface area contributed by atoms with Crippen LogP contribution >= 0.6 is 70.9 Å². The lowest BCUT2D eigenvalue weighted by atomic mass is 10.1. The maximum atomic E-state index is 11.7. The highest BCUT2D eigenvalue weighted by molar-refractivity contribution is 9.11. The molecule has 34 heteroatoms. The Morgan fingerprint density at radius 3 is 1.22 bits per heavy atom. The number of aliphatic hydroxyl groups is 4. The molecule has 3 heterocycles. The predicted molar refractivity (Wildman–Crippen MR) is 532 cm³/mol. The Labute approximate surface area is 787 Å². The van der Waals surface area contributed by atoms with Gasteiger partial charge in [0.2, 0.25) is 0 Å². The van der Waals surface area contributed by atoms with E-state index in [1.807, 2.05) is 146 Å². The summed E-state index contributed by atoms with van der Waals surface area (Å²) in [5, 5.41) is 36.5. The molecule has 0 saturated carbocycles. The van der Waals surface area contributed by atoms with Crippen molar-refractivity contribution in [3.05, 3.63) is 181 Å². The zero-order valence-electron chi connectivity index (χ0n) is 76.6. The summed E-state index contributed by atoms with van der Waals surface area (Å²) in [4.78, 5) is 65.7. The number of hydrogen-bond donors (Lipinski definition) is 4. The molecular formula is C94H145BBrO26P6. The molecule has 717 valence electrons. The summed E-state index contributed by atoms with van der Waals surface area (Å²) in [5.74, 6) is 19.4. The number of epoxide rings is 3. The number of carbonyl (C=O) groups is 6. The van der Waals surface area contributed by atoms with Crippen LogP contribution in [-0.4, -0.2) is 214 Å². The molecule has 0 aromatic carbocycles. The molecule has 3 fully saturated rings. The van der Waals surface area contributed by atoms with Crippen molar-refractivity contribution in [1.82, 2.24) is 0 Å². The highest BCUT2D eigenvalue weighted by Crippen LogP contribution is 2.46. The number of hydrogen-bond acceptors (Lipinski definition) is 26. The second-order valence-corrected chi connectivity index (χ2v) is 30.4. The number of allylic oxidation sites excluding steroid dienone is 21. The number of ether oxygens (including phenoxy) is 8. The predicted octanol–water partition coefficient (Wildman–Crippen LogP) is 17.0. The van der Waals surface area contributed by atoms with Crippen LogP contribution < -0.4 is 0 Å². The molecular weight excluding hydrogens is 1820 g/mol. The monoisotopic (exact) mass is 1970 g/mol. The maximum absolute atomic E-state index is 11.7. The van der Waals surface area contributed by atoms with Crippen LogP contribution in [0.2, 0.25) is 0 Å². The number of methoxy groups -OCH3 is 5. The molecule has 26 nitrogen and oxygen atoms in total. The van der Waals surface area contributed by atoms with E-state index in [0.717, 1.165) is 83.3 Å². The largest absolute Gasteiger partial charge is 0.469 e. The van der Waals surface area contributed by atoms with Gasteiger partial charge in [0.05, 0.1) is 116 Å². The van der Waals surface area contributed by atoms with Gasteiger partial charge in [-0.25, -0.2) is 0 Å². The lowest BCUT2D eigenvalue weighted by Gasteiger charge is -2.13. The van der Waals surface area contributed by atoms with Gasteiger partial charge in [0.25, 0.3) is 0 Å². The van der Waals surface area contributed by atoms with E-state index in [9.17, 15) is 43.5 Å². The fourth-order valence-electron chi connectivity index (χ4n) is 8.96. The number of rotatable bonds is 54. The maximum Gasteiger partial charge on any atom is 0.333 e. The van der Waals surface area contributed by atoms with Crippen molar-refractivity contribution in [2.75, 3.05) is 75.8 Å². The van der Waals surface area contributed by atoms with E-state index in [1.54, 1.807) is 42.5 Å². The van der Waals surface area contributed by atoms with Crippen LogP contribution in [0.1, 0.15) is 175 Å². The Kier molecular flexibility index (Phi) is 105. The second-order valence-electron chi connectivity index (χ2n) is 26.2. The van der Waals surface area contributed by atoms with Crippen LogP contribution in [0.4, 0.5) is 0 Å². The molecule has 17 unspecified atom stereocenters. The van der Waals surface area contributed by atoms with Gasteiger partial charge in [0.1, 0.15) is 18.3 Å². The lowest BCUT2D eigenvalue weighted by Crippen LogP contribution is -2.23. The summed E-state index contributed by atoms with van der Waals surface area (Å²) < 4.78 is 84.4. The molecule has 3 aliphatic rings. The Morgan fingerprint density at radius 2 is 0.844 bits per heavy atom. The van der Waals surface area contributed by atoms with Crippen LogP contribution in [0.25, 0.3) is 0 Å². The number of aldehydes is 1. The van der Waals surface area contributed by atoms with Crippen molar-refractivity contribution >= 4 is 115 Å². The van der Waals surface area contributed by atoms with Gasteiger partial charge >= 0.3 is 37.4 Å². The average Bonchev–Trinajstić information content (AvgIpc) is 1.72. The minimum absolute atomic E-state index is 0. The molecule has 3 rings (SSSR count). The van der Waals surface area contributed by atoms with Gasteiger partial charge < -0.3 is 94.8 Å². The van der Waals surface area contributed by atoms with Gasteiger partial charge in [-0.2, -0.15) is 0 Å².